The average Bonchev–Trinajstić information content (AvgIpc) is 2.53. The molecule has 1 amide bonds. The van der Waals surface area contributed by atoms with Crippen molar-refractivity contribution in [1.29, 1.82) is 0 Å². The van der Waals surface area contributed by atoms with Crippen LogP contribution in [0.5, 0.6) is 0 Å². The molecule has 3 heteroatoms. The van der Waals surface area contributed by atoms with Gasteiger partial charge in [0, 0.05) is 19.6 Å². The lowest BCUT2D eigenvalue weighted by atomic mass is 9.82. The highest BCUT2D eigenvalue weighted by Crippen LogP contribution is 2.32. The lowest BCUT2D eigenvalue weighted by molar-refractivity contribution is -0.128. The van der Waals surface area contributed by atoms with Gasteiger partial charge in [0.2, 0.25) is 5.91 Å². The molecule has 0 heterocycles. The number of hydrogen-bond donors (Lipinski definition) is 1. The molecule has 0 aliphatic heterocycles. The van der Waals surface area contributed by atoms with Gasteiger partial charge in [0.25, 0.3) is 0 Å². The monoisotopic (exact) mass is 274 g/mol. The third-order valence-electron chi connectivity index (χ3n) is 4.44. The Kier molecular flexibility index (Phi) is 5.60. The molecule has 20 heavy (non-hydrogen) atoms. The second kappa shape index (κ2) is 7.44. The summed E-state index contributed by atoms with van der Waals surface area (Å²) in [6, 6.07) is 11.3. The van der Waals surface area contributed by atoms with Crippen LogP contribution in [0.1, 0.15) is 44.1 Å². The molecule has 0 bridgehead atoms. The summed E-state index contributed by atoms with van der Waals surface area (Å²) in [4.78, 5) is 13.5. The summed E-state index contributed by atoms with van der Waals surface area (Å²) in [7, 11) is 1.86. The van der Waals surface area contributed by atoms with Gasteiger partial charge in [-0.1, -0.05) is 30.3 Å². The molecule has 1 aliphatic rings. The maximum atomic E-state index is 11.8. The van der Waals surface area contributed by atoms with Crippen LogP contribution in [0.2, 0.25) is 0 Å². The Morgan fingerprint density at radius 1 is 1.20 bits per heavy atom. The van der Waals surface area contributed by atoms with Gasteiger partial charge in [-0.15, -0.1) is 0 Å². The summed E-state index contributed by atoms with van der Waals surface area (Å²) in [5.41, 5.74) is 1.47. The predicted octanol–water partition coefficient (Wildman–Crippen LogP) is 2.78. The second-order valence-electron chi connectivity index (χ2n) is 5.75. The Morgan fingerprint density at radius 3 is 2.45 bits per heavy atom. The number of nitrogens with zero attached hydrogens (tertiary/aromatic N) is 1. The molecule has 1 aliphatic carbocycles. The molecule has 1 fully saturated rings. The number of likely N-dealkylation sites (N-methyl/N-ethyl adjacent to an activating group) is 1. The fraction of sp³-hybridized carbons (Fsp3) is 0.588. The largest absolute Gasteiger partial charge is 0.345 e. The molecule has 1 saturated carbocycles. The zero-order valence-electron chi connectivity index (χ0n) is 12.6. The van der Waals surface area contributed by atoms with Crippen molar-refractivity contribution in [3.8, 4) is 0 Å². The Bertz CT molecular complexity index is 410. The highest BCUT2D eigenvalue weighted by atomic mass is 16.2. The number of benzene rings is 1. The number of carbonyl (C=O) groups is 1. The quantitative estimate of drug-likeness (QED) is 0.895. The smallest absolute Gasteiger partial charge is 0.236 e. The van der Waals surface area contributed by atoms with Crippen molar-refractivity contribution in [1.82, 2.24) is 10.2 Å². The van der Waals surface area contributed by atoms with E-state index in [0.717, 1.165) is 6.54 Å². The normalized spacial score (nSPS) is 22.5. The standard InChI is InChI=1S/C17H26N2O/c1-3-19(2)17(20)13-18-16-11-9-15(10-12-16)14-7-5-4-6-8-14/h4-8,15-16,18H,3,9-13H2,1-2H3. The zero-order chi connectivity index (χ0) is 14.4. The summed E-state index contributed by atoms with van der Waals surface area (Å²) in [6.45, 7) is 3.26. The van der Waals surface area contributed by atoms with E-state index >= 15 is 0 Å². The van der Waals surface area contributed by atoms with Crippen molar-refractivity contribution in [2.45, 2.75) is 44.6 Å². The van der Waals surface area contributed by atoms with Crippen LogP contribution in [0.15, 0.2) is 30.3 Å². The topological polar surface area (TPSA) is 32.3 Å². The summed E-state index contributed by atoms with van der Waals surface area (Å²) >= 11 is 0. The van der Waals surface area contributed by atoms with Crippen LogP contribution < -0.4 is 5.32 Å². The van der Waals surface area contributed by atoms with Gasteiger partial charge in [-0.25, -0.2) is 0 Å². The van der Waals surface area contributed by atoms with E-state index in [0.29, 0.717) is 18.5 Å². The number of carbonyl (C=O) groups excluding carboxylic acids is 1. The average molecular weight is 274 g/mol. The van der Waals surface area contributed by atoms with Gasteiger partial charge in [-0.05, 0) is 44.1 Å². The lowest BCUT2D eigenvalue weighted by Crippen LogP contribution is -2.41. The molecular weight excluding hydrogens is 248 g/mol. The third-order valence-corrected chi connectivity index (χ3v) is 4.44. The molecule has 0 radical (unpaired) electrons. The van der Waals surface area contributed by atoms with Crippen LogP contribution in [0, 0.1) is 0 Å². The van der Waals surface area contributed by atoms with Crippen LogP contribution in [0.4, 0.5) is 0 Å². The van der Waals surface area contributed by atoms with Crippen molar-refractivity contribution in [3.05, 3.63) is 35.9 Å². The highest BCUT2D eigenvalue weighted by molar-refractivity contribution is 5.77. The van der Waals surface area contributed by atoms with Gasteiger partial charge < -0.3 is 10.2 Å². The first-order valence-corrected chi connectivity index (χ1v) is 7.73. The highest BCUT2D eigenvalue weighted by Gasteiger charge is 2.22. The van der Waals surface area contributed by atoms with Crippen molar-refractivity contribution in [3.63, 3.8) is 0 Å². The maximum Gasteiger partial charge on any atom is 0.236 e. The third kappa shape index (κ3) is 4.07. The summed E-state index contributed by atoms with van der Waals surface area (Å²) in [5.74, 6) is 0.890. The Hall–Kier alpha value is -1.35. The van der Waals surface area contributed by atoms with Crippen LogP contribution in [-0.4, -0.2) is 37.0 Å². The molecule has 0 spiro atoms. The van der Waals surface area contributed by atoms with Crippen LogP contribution >= 0.6 is 0 Å². The second-order valence-corrected chi connectivity index (χ2v) is 5.75. The minimum atomic E-state index is 0.192. The van der Waals surface area contributed by atoms with Crippen molar-refractivity contribution in [2.24, 2.45) is 0 Å². The van der Waals surface area contributed by atoms with Gasteiger partial charge in [-0.2, -0.15) is 0 Å². The Labute approximate surface area is 122 Å². The molecule has 0 atom stereocenters. The number of hydrogen-bond acceptors (Lipinski definition) is 2. The SMILES string of the molecule is CCN(C)C(=O)CNC1CCC(c2ccccc2)CC1. The minimum Gasteiger partial charge on any atom is -0.345 e. The molecule has 0 unspecified atom stereocenters. The van der Waals surface area contributed by atoms with Crippen LogP contribution in [-0.2, 0) is 4.79 Å². The molecule has 110 valence electrons. The van der Waals surface area contributed by atoms with E-state index in [1.807, 2.05) is 14.0 Å². The minimum absolute atomic E-state index is 0.192. The molecule has 1 N–H and O–H groups in total. The van der Waals surface area contributed by atoms with Gasteiger partial charge in [-0.3, -0.25) is 4.79 Å². The summed E-state index contributed by atoms with van der Waals surface area (Å²) in [6.07, 6.45) is 4.78. The van der Waals surface area contributed by atoms with E-state index in [1.54, 1.807) is 4.90 Å². The maximum absolute atomic E-state index is 11.8. The van der Waals surface area contributed by atoms with E-state index in [-0.39, 0.29) is 5.91 Å². The van der Waals surface area contributed by atoms with Crippen molar-refractivity contribution in [2.75, 3.05) is 20.1 Å². The summed E-state index contributed by atoms with van der Waals surface area (Å²) in [5, 5.41) is 3.42. The lowest BCUT2D eigenvalue weighted by Gasteiger charge is -2.29. The van der Waals surface area contributed by atoms with Gasteiger partial charge in [0.15, 0.2) is 0 Å². The van der Waals surface area contributed by atoms with E-state index in [9.17, 15) is 4.79 Å². The predicted molar refractivity (Wildman–Crippen MR) is 82.8 cm³/mol. The molecule has 0 aromatic heterocycles. The number of amides is 1. The van der Waals surface area contributed by atoms with Gasteiger partial charge in [0.05, 0.1) is 6.54 Å². The fourth-order valence-electron chi connectivity index (χ4n) is 2.90. The van der Waals surface area contributed by atoms with Crippen molar-refractivity contribution < 1.29 is 4.79 Å². The molecular formula is C17H26N2O. The first-order chi connectivity index (χ1) is 9.70. The molecule has 1 aromatic carbocycles. The van der Waals surface area contributed by atoms with E-state index < -0.39 is 0 Å². The number of nitrogens with one attached hydrogen (secondary N) is 1. The van der Waals surface area contributed by atoms with Crippen molar-refractivity contribution >= 4 is 5.91 Å². The van der Waals surface area contributed by atoms with Gasteiger partial charge in [0.1, 0.15) is 0 Å². The molecule has 1 aromatic rings. The summed E-state index contributed by atoms with van der Waals surface area (Å²) < 4.78 is 0. The zero-order valence-corrected chi connectivity index (χ0v) is 12.6. The first kappa shape index (κ1) is 15.0. The molecule has 2 rings (SSSR count). The molecule has 0 saturated heterocycles. The van der Waals surface area contributed by atoms with E-state index in [4.69, 9.17) is 0 Å². The number of rotatable bonds is 5. The first-order valence-electron chi connectivity index (χ1n) is 7.73. The Morgan fingerprint density at radius 2 is 1.85 bits per heavy atom. The van der Waals surface area contributed by atoms with Crippen LogP contribution in [0.25, 0.3) is 0 Å². The van der Waals surface area contributed by atoms with Gasteiger partial charge >= 0.3 is 0 Å². The van der Waals surface area contributed by atoms with Crippen LogP contribution in [0.3, 0.4) is 0 Å². The Balaban J connectivity index is 1.73. The molecule has 3 nitrogen and oxygen atoms in total. The van der Waals surface area contributed by atoms with E-state index in [2.05, 4.69) is 35.6 Å². The van der Waals surface area contributed by atoms with E-state index in [1.165, 1.54) is 31.2 Å². The fourth-order valence-corrected chi connectivity index (χ4v) is 2.90.